The number of fused-ring (bicyclic) bond motifs is 1. The number of methoxy groups -OCH3 is 1. The van der Waals surface area contributed by atoms with Crippen LogP contribution < -0.4 is 4.74 Å². The van der Waals surface area contributed by atoms with Crippen molar-refractivity contribution in [1.82, 2.24) is 9.97 Å². The Morgan fingerprint density at radius 2 is 1.96 bits per heavy atom. The minimum atomic E-state index is 0.811. The molecule has 0 aliphatic carbocycles. The highest BCUT2D eigenvalue weighted by Crippen LogP contribution is 2.30. The van der Waals surface area contributed by atoms with Crippen molar-refractivity contribution in [1.29, 1.82) is 0 Å². The van der Waals surface area contributed by atoms with E-state index in [1.165, 1.54) is 10.3 Å². The predicted molar refractivity (Wildman–Crippen MR) is 96.5 cm³/mol. The molecule has 0 bridgehead atoms. The Hall–Kier alpha value is -2.24. The molecule has 0 aliphatic rings. The molecule has 2 aromatic heterocycles. The Labute approximate surface area is 142 Å². The Bertz CT molecular complexity index is 945. The monoisotopic (exact) mass is 338 g/mol. The Morgan fingerprint density at radius 3 is 2.78 bits per heavy atom. The summed E-state index contributed by atoms with van der Waals surface area (Å²) in [6, 6.07) is 14.5. The third-order valence-electron chi connectivity index (χ3n) is 3.62. The minimum Gasteiger partial charge on any atom is -0.497 e. The Kier molecular flexibility index (Phi) is 3.81. The van der Waals surface area contributed by atoms with Crippen LogP contribution in [0, 0.1) is 0 Å². The molecule has 114 valence electrons. The first kappa shape index (κ1) is 14.4. The van der Waals surface area contributed by atoms with Gasteiger partial charge in [-0.05, 0) is 35.4 Å². The number of benzene rings is 2. The number of rotatable bonds is 4. The van der Waals surface area contributed by atoms with Gasteiger partial charge in [-0.3, -0.25) is 0 Å². The van der Waals surface area contributed by atoms with Crippen molar-refractivity contribution < 1.29 is 4.74 Å². The fraction of sp³-hybridized carbons (Fsp3) is 0.111. The van der Waals surface area contributed by atoms with Crippen molar-refractivity contribution in [2.24, 2.45) is 0 Å². The van der Waals surface area contributed by atoms with Crippen LogP contribution in [0.2, 0.25) is 0 Å². The number of hydrogen-bond donors (Lipinski definition) is 0. The molecule has 2 heterocycles. The molecule has 0 saturated heterocycles. The number of hydrogen-bond acceptors (Lipinski definition) is 5. The van der Waals surface area contributed by atoms with E-state index in [1.54, 1.807) is 29.8 Å². The highest BCUT2D eigenvalue weighted by atomic mass is 32.1. The molecule has 0 N–H and O–H groups in total. The summed E-state index contributed by atoms with van der Waals surface area (Å²) in [7, 11) is 1.69. The van der Waals surface area contributed by atoms with Gasteiger partial charge in [0.1, 0.15) is 10.8 Å². The zero-order chi connectivity index (χ0) is 15.6. The smallest absolute Gasteiger partial charge is 0.119 e. The summed E-state index contributed by atoms with van der Waals surface area (Å²) < 4.78 is 6.52. The van der Waals surface area contributed by atoms with Gasteiger partial charge in [-0.25, -0.2) is 9.97 Å². The summed E-state index contributed by atoms with van der Waals surface area (Å²) in [4.78, 5) is 9.05. The highest BCUT2D eigenvalue weighted by molar-refractivity contribution is 7.18. The van der Waals surface area contributed by atoms with Crippen LogP contribution in [0.25, 0.3) is 21.3 Å². The van der Waals surface area contributed by atoms with Crippen LogP contribution in [0.5, 0.6) is 5.75 Å². The lowest BCUT2D eigenvalue weighted by Crippen LogP contribution is -1.84. The number of ether oxygens (including phenoxy) is 1. The van der Waals surface area contributed by atoms with E-state index >= 15 is 0 Å². The molecule has 0 aliphatic heterocycles. The van der Waals surface area contributed by atoms with Gasteiger partial charge in [0.15, 0.2) is 0 Å². The number of nitrogens with zero attached hydrogens (tertiary/aromatic N) is 2. The first-order chi connectivity index (χ1) is 11.3. The molecule has 0 spiro atoms. The van der Waals surface area contributed by atoms with Crippen LogP contribution in [0.4, 0.5) is 0 Å². The van der Waals surface area contributed by atoms with Crippen LogP contribution in [0.3, 0.4) is 0 Å². The molecule has 5 heteroatoms. The Balaban J connectivity index is 1.69. The van der Waals surface area contributed by atoms with Crippen LogP contribution in [0.1, 0.15) is 10.0 Å². The lowest BCUT2D eigenvalue weighted by atomic mass is 10.1. The normalized spacial score (nSPS) is 11.0. The Morgan fingerprint density at radius 1 is 1.04 bits per heavy atom. The summed E-state index contributed by atoms with van der Waals surface area (Å²) in [5.74, 6) is 0.872. The molecule has 0 unspecified atom stereocenters. The van der Waals surface area contributed by atoms with E-state index in [4.69, 9.17) is 9.72 Å². The SMILES string of the molecule is COc1cccc(-c2ccc3nc(Cc4nccs4)sc3c2)c1. The second-order valence-corrected chi connectivity index (χ2v) is 7.22. The third kappa shape index (κ3) is 2.98. The van der Waals surface area contributed by atoms with E-state index in [0.29, 0.717) is 0 Å². The summed E-state index contributed by atoms with van der Waals surface area (Å²) in [6.45, 7) is 0. The van der Waals surface area contributed by atoms with Gasteiger partial charge in [0.2, 0.25) is 0 Å². The van der Waals surface area contributed by atoms with Crippen LogP contribution in [-0.4, -0.2) is 17.1 Å². The molecule has 0 amide bonds. The minimum absolute atomic E-state index is 0.811. The van der Waals surface area contributed by atoms with Gasteiger partial charge in [-0.1, -0.05) is 18.2 Å². The van der Waals surface area contributed by atoms with E-state index in [-0.39, 0.29) is 0 Å². The lowest BCUT2D eigenvalue weighted by molar-refractivity contribution is 0.415. The van der Waals surface area contributed by atoms with Gasteiger partial charge < -0.3 is 4.74 Å². The van der Waals surface area contributed by atoms with Gasteiger partial charge in [0, 0.05) is 11.6 Å². The maximum atomic E-state index is 5.31. The van der Waals surface area contributed by atoms with Crippen molar-refractivity contribution in [3.05, 3.63) is 64.1 Å². The molecule has 0 atom stereocenters. The van der Waals surface area contributed by atoms with E-state index in [9.17, 15) is 0 Å². The third-order valence-corrected chi connectivity index (χ3v) is 5.42. The summed E-state index contributed by atoms with van der Waals surface area (Å²) in [5.41, 5.74) is 3.38. The average molecular weight is 338 g/mol. The number of thiazole rings is 2. The predicted octanol–water partition coefficient (Wildman–Crippen LogP) is 5.02. The molecule has 4 rings (SSSR count). The maximum Gasteiger partial charge on any atom is 0.119 e. The van der Waals surface area contributed by atoms with Crippen LogP contribution in [0.15, 0.2) is 54.0 Å². The van der Waals surface area contributed by atoms with Crippen molar-refractivity contribution in [3.63, 3.8) is 0 Å². The quantitative estimate of drug-likeness (QED) is 0.524. The first-order valence-corrected chi connectivity index (χ1v) is 8.94. The highest BCUT2D eigenvalue weighted by Gasteiger charge is 2.08. The summed E-state index contributed by atoms with van der Waals surface area (Å²) in [6.07, 6.45) is 2.65. The molecule has 23 heavy (non-hydrogen) atoms. The van der Waals surface area contributed by atoms with Crippen molar-refractivity contribution in [2.45, 2.75) is 6.42 Å². The molecule has 4 aromatic rings. The van der Waals surface area contributed by atoms with Gasteiger partial charge in [-0.2, -0.15) is 0 Å². The zero-order valence-corrected chi connectivity index (χ0v) is 14.2. The fourth-order valence-corrected chi connectivity index (χ4v) is 4.22. The number of aromatic nitrogens is 2. The maximum absolute atomic E-state index is 5.31. The van der Waals surface area contributed by atoms with E-state index in [2.05, 4.69) is 35.3 Å². The summed E-state index contributed by atoms with van der Waals surface area (Å²) >= 11 is 3.41. The van der Waals surface area contributed by atoms with Gasteiger partial charge in [0.05, 0.1) is 28.8 Å². The fourth-order valence-electron chi connectivity index (χ4n) is 2.50. The van der Waals surface area contributed by atoms with Crippen molar-refractivity contribution >= 4 is 32.9 Å². The van der Waals surface area contributed by atoms with Crippen LogP contribution >= 0.6 is 22.7 Å². The molecule has 3 nitrogen and oxygen atoms in total. The van der Waals surface area contributed by atoms with Gasteiger partial charge in [0.25, 0.3) is 0 Å². The zero-order valence-electron chi connectivity index (χ0n) is 12.5. The van der Waals surface area contributed by atoms with E-state index < -0.39 is 0 Å². The van der Waals surface area contributed by atoms with Crippen molar-refractivity contribution in [3.8, 4) is 16.9 Å². The summed E-state index contributed by atoms with van der Waals surface area (Å²) in [5, 5.41) is 4.22. The largest absolute Gasteiger partial charge is 0.497 e. The lowest BCUT2D eigenvalue weighted by Gasteiger charge is -2.04. The van der Waals surface area contributed by atoms with Crippen LogP contribution in [-0.2, 0) is 6.42 Å². The van der Waals surface area contributed by atoms with Gasteiger partial charge >= 0.3 is 0 Å². The van der Waals surface area contributed by atoms with Crippen molar-refractivity contribution in [2.75, 3.05) is 7.11 Å². The standard InChI is InChI=1S/C18H14N2OS2/c1-21-14-4-2-3-12(9-14)13-5-6-15-16(10-13)23-18(20-15)11-17-19-7-8-22-17/h2-10H,11H2,1H3. The topological polar surface area (TPSA) is 35.0 Å². The second kappa shape index (κ2) is 6.10. The molecule has 0 radical (unpaired) electrons. The molecule has 2 aromatic carbocycles. The molecule has 0 fully saturated rings. The first-order valence-electron chi connectivity index (χ1n) is 7.24. The molecular weight excluding hydrogens is 324 g/mol. The van der Waals surface area contributed by atoms with E-state index in [0.717, 1.165) is 33.3 Å². The molecular formula is C18H14N2OS2. The average Bonchev–Trinajstić information content (AvgIpc) is 3.23. The van der Waals surface area contributed by atoms with Gasteiger partial charge in [-0.15, -0.1) is 22.7 Å². The van der Waals surface area contributed by atoms with E-state index in [1.807, 2.05) is 23.7 Å². The second-order valence-electron chi connectivity index (χ2n) is 5.12. The molecule has 0 saturated carbocycles.